The van der Waals surface area contributed by atoms with E-state index in [1.165, 1.54) is 0 Å². The van der Waals surface area contributed by atoms with Crippen LogP contribution in [0.4, 0.5) is 0 Å². The molecule has 1 saturated heterocycles. The first-order valence-electron chi connectivity index (χ1n) is 9.66. The summed E-state index contributed by atoms with van der Waals surface area (Å²) in [6.07, 6.45) is 1.56. The molecule has 2 amide bonds. The maximum absolute atomic E-state index is 13.0. The van der Waals surface area contributed by atoms with Gasteiger partial charge >= 0.3 is 0 Å². The average molecular weight is 425 g/mol. The Morgan fingerprint density at radius 1 is 0.967 bits per heavy atom. The van der Waals surface area contributed by atoms with Gasteiger partial charge in [-0.25, -0.2) is 0 Å². The zero-order valence-corrected chi connectivity index (χ0v) is 17.0. The lowest BCUT2D eigenvalue weighted by Gasteiger charge is -2.34. The highest BCUT2D eigenvalue weighted by atomic mass is 35.5. The second kappa shape index (κ2) is 9.00. The number of nitrogens with one attached hydrogen (secondary N) is 1. The molecule has 1 fully saturated rings. The van der Waals surface area contributed by atoms with Crippen LogP contribution in [0.25, 0.3) is 11.3 Å². The lowest BCUT2D eigenvalue weighted by Crippen LogP contribution is -2.51. The fourth-order valence-corrected chi connectivity index (χ4v) is 3.50. The number of rotatable bonds is 5. The van der Waals surface area contributed by atoms with Crippen molar-refractivity contribution in [3.63, 3.8) is 0 Å². The third-order valence-electron chi connectivity index (χ3n) is 5.03. The zero-order chi connectivity index (χ0) is 20.9. The third kappa shape index (κ3) is 4.46. The van der Waals surface area contributed by atoms with Gasteiger partial charge in [-0.3, -0.25) is 14.7 Å². The molecule has 7 nitrogen and oxygen atoms in total. The Balaban J connectivity index is 1.32. The predicted molar refractivity (Wildman–Crippen MR) is 113 cm³/mol. The number of ether oxygens (including phenoxy) is 1. The van der Waals surface area contributed by atoms with E-state index in [0.717, 1.165) is 5.56 Å². The van der Waals surface area contributed by atoms with Crippen molar-refractivity contribution in [1.29, 1.82) is 0 Å². The topological polar surface area (TPSA) is 78.5 Å². The number of hydrogen-bond donors (Lipinski definition) is 1. The summed E-state index contributed by atoms with van der Waals surface area (Å²) < 4.78 is 5.53. The molecule has 0 spiro atoms. The summed E-state index contributed by atoms with van der Waals surface area (Å²) in [5.74, 6) is 0.396. The Morgan fingerprint density at radius 2 is 1.63 bits per heavy atom. The van der Waals surface area contributed by atoms with Crippen LogP contribution in [-0.4, -0.2) is 64.6 Å². The molecule has 3 aromatic rings. The summed E-state index contributed by atoms with van der Waals surface area (Å²) in [7, 11) is 0. The quantitative estimate of drug-likeness (QED) is 0.682. The van der Waals surface area contributed by atoms with Gasteiger partial charge in [0, 0.05) is 36.8 Å². The maximum atomic E-state index is 13.0. The van der Waals surface area contributed by atoms with Crippen LogP contribution in [-0.2, 0) is 4.79 Å². The van der Waals surface area contributed by atoms with Gasteiger partial charge in [-0.15, -0.1) is 0 Å². The summed E-state index contributed by atoms with van der Waals surface area (Å²) in [4.78, 5) is 28.9. The van der Waals surface area contributed by atoms with Crippen LogP contribution in [0.5, 0.6) is 5.75 Å². The lowest BCUT2D eigenvalue weighted by molar-refractivity contribution is -0.134. The first-order chi connectivity index (χ1) is 14.6. The number of benzene rings is 2. The van der Waals surface area contributed by atoms with Crippen LogP contribution in [0.2, 0.25) is 5.02 Å². The molecule has 0 radical (unpaired) electrons. The van der Waals surface area contributed by atoms with Crippen molar-refractivity contribution in [3.8, 4) is 17.0 Å². The maximum Gasteiger partial charge on any atom is 0.260 e. The van der Waals surface area contributed by atoms with E-state index in [2.05, 4.69) is 10.2 Å². The highest BCUT2D eigenvalue weighted by Crippen LogP contribution is 2.22. The summed E-state index contributed by atoms with van der Waals surface area (Å²) >= 11 is 5.85. The summed E-state index contributed by atoms with van der Waals surface area (Å²) in [6, 6.07) is 16.5. The van der Waals surface area contributed by atoms with Crippen molar-refractivity contribution in [2.75, 3.05) is 32.8 Å². The Hall–Kier alpha value is -3.32. The molecule has 0 saturated carbocycles. The molecule has 0 aliphatic carbocycles. The highest BCUT2D eigenvalue weighted by Gasteiger charge is 2.27. The molecule has 1 N–H and O–H groups in total. The van der Waals surface area contributed by atoms with Gasteiger partial charge in [-0.1, -0.05) is 41.9 Å². The SMILES string of the molecule is O=C(COc1ccc(Cl)cc1)N1CCN(C(=O)c2cn[nH]c2-c2ccccc2)CC1. The lowest BCUT2D eigenvalue weighted by atomic mass is 10.1. The molecule has 4 rings (SSSR count). The molecule has 154 valence electrons. The van der Waals surface area contributed by atoms with Gasteiger partial charge in [-0.05, 0) is 24.3 Å². The van der Waals surface area contributed by atoms with E-state index in [1.807, 2.05) is 30.3 Å². The molecule has 1 aromatic heterocycles. The van der Waals surface area contributed by atoms with Gasteiger partial charge in [0.2, 0.25) is 0 Å². The summed E-state index contributed by atoms with van der Waals surface area (Å²) in [5, 5.41) is 7.59. The normalized spacial score (nSPS) is 13.9. The van der Waals surface area contributed by atoms with Crippen LogP contribution in [0.1, 0.15) is 10.4 Å². The monoisotopic (exact) mass is 424 g/mol. The molecule has 0 atom stereocenters. The molecule has 0 bridgehead atoms. The summed E-state index contributed by atoms with van der Waals surface area (Å²) in [5.41, 5.74) is 2.15. The molecule has 2 aromatic carbocycles. The van der Waals surface area contributed by atoms with Crippen molar-refractivity contribution < 1.29 is 14.3 Å². The first-order valence-corrected chi connectivity index (χ1v) is 10.0. The molecule has 0 unspecified atom stereocenters. The number of nitrogens with zero attached hydrogens (tertiary/aromatic N) is 3. The predicted octanol–water partition coefficient (Wildman–Crippen LogP) is 3.09. The van der Waals surface area contributed by atoms with Crippen molar-refractivity contribution in [2.24, 2.45) is 0 Å². The van der Waals surface area contributed by atoms with Gasteiger partial charge in [0.05, 0.1) is 17.5 Å². The number of aromatic nitrogens is 2. The van der Waals surface area contributed by atoms with E-state index in [1.54, 1.807) is 40.3 Å². The fourth-order valence-electron chi connectivity index (χ4n) is 3.37. The minimum atomic E-state index is -0.106. The van der Waals surface area contributed by atoms with Gasteiger partial charge in [0.1, 0.15) is 5.75 Å². The first kappa shape index (κ1) is 20.0. The second-order valence-electron chi connectivity index (χ2n) is 6.94. The number of piperazine rings is 1. The van der Waals surface area contributed by atoms with Crippen molar-refractivity contribution >= 4 is 23.4 Å². The standard InChI is InChI=1S/C22H21ClN4O3/c23-17-6-8-18(9-7-17)30-15-20(28)26-10-12-27(13-11-26)22(29)19-14-24-25-21(19)16-4-2-1-3-5-16/h1-9,14H,10-13,15H2,(H,24,25). The van der Waals surface area contributed by atoms with Crippen molar-refractivity contribution in [2.45, 2.75) is 0 Å². The Bertz CT molecular complexity index is 1010. The number of halogens is 1. The van der Waals surface area contributed by atoms with E-state index in [9.17, 15) is 9.59 Å². The molecule has 30 heavy (non-hydrogen) atoms. The van der Waals surface area contributed by atoms with E-state index < -0.39 is 0 Å². The number of carbonyl (C=O) groups is 2. The molecule has 1 aliphatic heterocycles. The fraction of sp³-hybridized carbons (Fsp3) is 0.227. The zero-order valence-electron chi connectivity index (χ0n) is 16.3. The van der Waals surface area contributed by atoms with E-state index in [-0.39, 0.29) is 18.4 Å². The van der Waals surface area contributed by atoms with Gasteiger partial charge < -0.3 is 14.5 Å². The van der Waals surface area contributed by atoms with E-state index >= 15 is 0 Å². The van der Waals surface area contributed by atoms with E-state index in [4.69, 9.17) is 16.3 Å². The van der Waals surface area contributed by atoms with Crippen LogP contribution in [0, 0.1) is 0 Å². The molecule has 8 heteroatoms. The Kier molecular flexibility index (Phi) is 5.99. The largest absolute Gasteiger partial charge is 0.484 e. The summed E-state index contributed by atoms with van der Waals surface area (Å²) in [6.45, 7) is 1.81. The van der Waals surface area contributed by atoms with E-state index in [0.29, 0.717) is 48.2 Å². The van der Waals surface area contributed by atoms with Gasteiger partial charge in [-0.2, -0.15) is 5.10 Å². The van der Waals surface area contributed by atoms with Crippen LogP contribution in [0.3, 0.4) is 0 Å². The van der Waals surface area contributed by atoms with Crippen molar-refractivity contribution in [1.82, 2.24) is 20.0 Å². The minimum Gasteiger partial charge on any atom is -0.484 e. The van der Waals surface area contributed by atoms with Gasteiger partial charge in [0.15, 0.2) is 6.61 Å². The minimum absolute atomic E-state index is 0.0462. The Morgan fingerprint density at radius 3 is 2.33 bits per heavy atom. The molecular weight excluding hydrogens is 404 g/mol. The van der Waals surface area contributed by atoms with Crippen LogP contribution in [0.15, 0.2) is 60.8 Å². The van der Waals surface area contributed by atoms with Crippen LogP contribution < -0.4 is 4.74 Å². The molecular formula is C22H21ClN4O3. The smallest absolute Gasteiger partial charge is 0.260 e. The molecule has 1 aliphatic rings. The number of carbonyl (C=O) groups excluding carboxylic acids is 2. The highest BCUT2D eigenvalue weighted by molar-refractivity contribution is 6.30. The number of H-pyrrole nitrogens is 1. The molecule has 2 heterocycles. The number of hydrogen-bond acceptors (Lipinski definition) is 4. The van der Waals surface area contributed by atoms with Gasteiger partial charge in [0.25, 0.3) is 11.8 Å². The Labute approximate surface area is 179 Å². The second-order valence-corrected chi connectivity index (χ2v) is 7.38. The average Bonchev–Trinajstić information content (AvgIpc) is 3.29. The van der Waals surface area contributed by atoms with Crippen LogP contribution >= 0.6 is 11.6 Å². The van der Waals surface area contributed by atoms with Crippen molar-refractivity contribution in [3.05, 3.63) is 71.4 Å². The number of aromatic amines is 1. The number of amides is 2. The third-order valence-corrected chi connectivity index (χ3v) is 5.28.